The zero-order valence-electron chi connectivity index (χ0n) is 15.8. The van der Waals surface area contributed by atoms with Gasteiger partial charge in [0.2, 0.25) is 0 Å². The van der Waals surface area contributed by atoms with E-state index < -0.39 is 35.2 Å². The Bertz CT molecular complexity index is 683. The van der Waals surface area contributed by atoms with E-state index in [9.17, 15) is 28.2 Å². The molecule has 1 saturated carbocycles. The van der Waals surface area contributed by atoms with Crippen LogP contribution in [0.3, 0.4) is 0 Å². The fourth-order valence-corrected chi connectivity index (χ4v) is 5.44. The summed E-state index contributed by atoms with van der Waals surface area (Å²) >= 11 is 0. The molecule has 1 unspecified atom stereocenters. The topological polar surface area (TPSA) is 66.8 Å². The normalized spacial score (nSPS) is 44.1. The first-order valence-electron chi connectivity index (χ1n) is 9.43. The van der Waals surface area contributed by atoms with Gasteiger partial charge in [-0.3, -0.25) is 0 Å². The third-order valence-corrected chi connectivity index (χ3v) is 7.32. The van der Waals surface area contributed by atoms with Crippen LogP contribution in [0.5, 0.6) is 0 Å². The van der Waals surface area contributed by atoms with Crippen LogP contribution in [-0.2, 0) is 9.53 Å². The molecule has 2 N–H and O–H groups in total. The van der Waals surface area contributed by atoms with Crippen molar-refractivity contribution in [1.82, 2.24) is 0 Å². The zero-order valence-corrected chi connectivity index (χ0v) is 15.8. The van der Waals surface area contributed by atoms with Crippen molar-refractivity contribution >= 4 is 5.97 Å². The van der Waals surface area contributed by atoms with Crippen LogP contribution < -0.4 is 0 Å². The molecule has 27 heavy (non-hydrogen) atoms. The number of aliphatic hydroxyl groups excluding tert-OH is 1. The Morgan fingerprint density at radius 2 is 2.04 bits per heavy atom. The van der Waals surface area contributed by atoms with E-state index in [2.05, 4.69) is 0 Å². The number of halogens is 3. The minimum absolute atomic E-state index is 0.0513. The van der Waals surface area contributed by atoms with Crippen LogP contribution in [0.15, 0.2) is 23.3 Å². The number of hydrogen-bond acceptors (Lipinski definition) is 4. The van der Waals surface area contributed by atoms with Crippen molar-refractivity contribution in [2.45, 2.75) is 64.3 Å². The molecule has 0 bridgehead atoms. The lowest BCUT2D eigenvalue weighted by Crippen LogP contribution is -2.60. The summed E-state index contributed by atoms with van der Waals surface area (Å²) < 4.78 is 45.4. The van der Waals surface area contributed by atoms with Crippen LogP contribution in [0.4, 0.5) is 13.2 Å². The Hall–Kier alpha value is -1.34. The number of allylic oxidation sites excluding steroid dienone is 3. The molecule has 3 aliphatic rings. The second-order valence-electron chi connectivity index (χ2n) is 8.57. The molecule has 6 atom stereocenters. The van der Waals surface area contributed by atoms with Crippen LogP contribution in [-0.4, -0.2) is 40.7 Å². The maximum absolute atomic E-state index is 13.5. The van der Waals surface area contributed by atoms with Crippen LogP contribution in [0.25, 0.3) is 0 Å². The van der Waals surface area contributed by atoms with E-state index in [1.54, 1.807) is 6.08 Å². The molecule has 0 aromatic carbocycles. The highest BCUT2D eigenvalue weighted by molar-refractivity contribution is 5.91. The molecular formula is C20H27F3O4. The summed E-state index contributed by atoms with van der Waals surface area (Å²) in [6.07, 6.45) is -1.09. The lowest BCUT2D eigenvalue weighted by molar-refractivity contribution is -0.304. The number of ether oxygens (including phenoxy) is 1. The van der Waals surface area contributed by atoms with Crippen LogP contribution in [0, 0.1) is 23.2 Å². The fraction of sp³-hybridized carbons (Fsp3) is 0.750. The second kappa shape index (κ2) is 6.62. The number of esters is 1. The first-order chi connectivity index (χ1) is 12.4. The van der Waals surface area contributed by atoms with Crippen molar-refractivity contribution in [2.75, 3.05) is 6.61 Å². The Balaban J connectivity index is 1.89. The maximum atomic E-state index is 13.5. The van der Waals surface area contributed by atoms with Gasteiger partial charge in [0.15, 0.2) is 5.60 Å². The molecular weight excluding hydrogens is 361 g/mol. The molecule has 4 nitrogen and oxygen atoms in total. The summed E-state index contributed by atoms with van der Waals surface area (Å²) in [7, 11) is 0. The summed E-state index contributed by atoms with van der Waals surface area (Å²) in [6.45, 7) is 5.40. The first-order valence-corrected chi connectivity index (χ1v) is 9.43. The Kier molecular flexibility index (Phi) is 5.00. The number of carbonyl (C=O) groups is 1. The minimum Gasteiger partial charge on any atom is -0.459 e. The molecule has 1 aliphatic heterocycles. The van der Waals surface area contributed by atoms with E-state index in [0.29, 0.717) is 12.8 Å². The van der Waals surface area contributed by atoms with Gasteiger partial charge in [-0.05, 0) is 55.8 Å². The van der Waals surface area contributed by atoms with E-state index >= 15 is 0 Å². The summed E-state index contributed by atoms with van der Waals surface area (Å²) in [5.41, 5.74) is -1.77. The average Bonchev–Trinajstić information content (AvgIpc) is 2.89. The molecule has 0 aromatic rings. The van der Waals surface area contributed by atoms with E-state index in [0.717, 1.165) is 5.57 Å². The van der Waals surface area contributed by atoms with Gasteiger partial charge in [-0.1, -0.05) is 31.6 Å². The molecule has 3 rings (SSSR count). The zero-order chi connectivity index (χ0) is 20.2. The number of rotatable bonds is 2. The molecule has 1 heterocycles. The smallest absolute Gasteiger partial charge is 0.417 e. The molecule has 2 fully saturated rings. The number of hydrogen-bond donors (Lipinski definition) is 2. The maximum Gasteiger partial charge on any atom is 0.417 e. The van der Waals surface area contributed by atoms with Crippen molar-refractivity contribution < 1.29 is 32.9 Å². The molecule has 0 aromatic heterocycles. The van der Waals surface area contributed by atoms with Gasteiger partial charge in [-0.2, -0.15) is 13.2 Å². The molecule has 7 heteroatoms. The summed E-state index contributed by atoms with van der Waals surface area (Å²) in [5.74, 6) is -1.82. The van der Waals surface area contributed by atoms with Gasteiger partial charge in [0, 0.05) is 0 Å². The third kappa shape index (κ3) is 3.12. The molecule has 0 spiro atoms. The lowest BCUT2D eigenvalue weighted by Gasteiger charge is -2.57. The van der Waals surface area contributed by atoms with Crippen LogP contribution >= 0.6 is 0 Å². The standard InChI is InChI=1S/C20H27F3O4/c1-11-4-6-15-12(2)19(26,20(21,22)23)9-8-18(15,3)14(11)7-5-13-16(24)10-27-17(13)25/h4-5,12,14-16,24,26H,6-10H2,1-3H3/t12-,14-,15-,16?,18+,19-/m1/s1. The van der Waals surface area contributed by atoms with Crippen molar-refractivity contribution in [1.29, 1.82) is 0 Å². The van der Waals surface area contributed by atoms with Crippen LogP contribution in [0.2, 0.25) is 0 Å². The van der Waals surface area contributed by atoms with E-state index in [4.69, 9.17) is 4.74 Å². The number of carbonyl (C=O) groups excluding carboxylic acids is 1. The highest BCUT2D eigenvalue weighted by atomic mass is 19.4. The number of aliphatic hydroxyl groups is 2. The Labute approximate surface area is 157 Å². The quantitative estimate of drug-likeness (QED) is 0.431. The van der Waals surface area contributed by atoms with Crippen molar-refractivity contribution in [3.63, 3.8) is 0 Å². The van der Waals surface area contributed by atoms with E-state index in [1.165, 1.54) is 6.92 Å². The van der Waals surface area contributed by atoms with Gasteiger partial charge in [0.25, 0.3) is 0 Å². The number of fused-ring (bicyclic) bond motifs is 1. The summed E-state index contributed by atoms with van der Waals surface area (Å²) in [6, 6.07) is 0. The molecule has 2 aliphatic carbocycles. The summed E-state index contributed by atoms with van der Waals surface area (Å²) in [4.78, 5) is 11.7. The fourth-order valence-electron chi connectivity index (χ4n) is 5.44. The van der Waals surface area contributed by atoms with Gasteiger partial charge in [0.05, 0.1) is 5.57 Å². The van der Waals surface area contributed by atoms with Gasteiger partial charge in [-0.15, -0.1) is 0 Å². The molecule has 1 saturated heterocycles. The van der Waals surface area contributed by atoms with Crippen molar-refractivity contribution in [2.24, 2.45) is 23.2 Å². The van der Waals surface area contributed by atoms with E-state index in [1.807, 2.05) is 19.9 Å². The first kappa shape index (κ1) is 20.4. The molecule has 152 valence electrons. The predicted molar refractivity (Wildman–Crippen MR) is 92.5 cm³/mol. The minimum atomic E-state index is -4.65. The Morgan fingerprint density at radius 3 is 2.59 bits per heavy atom. The number of cyclic esters (lactones) is 1. The highest BCUT2D eigenvalue weighted by Gasteiger charge is 2.64. The Morgan fingerprint density at radius 1 is 1.37 bits per heavy atom. The summed E-state index contributed by atoms with van der Waals surface area (Å²) in [5, 5.41) is 20.3. The SMILES string of the molecule is CC1=CC[C@@H]2[C@@H](C)[C@@](O)(C(F)(F)F)CC[C@@]2(C)[C@@H]1CC=C1C(=O)OCC1O. The van der Waals surface area contributed by atoms with Gasteiger partial charge in [0.1, 0.15) is 12.7 Å². The van der Waals surface area contributed by atoms with Crippen molar-refractivity contribution in [3.8, 4) is 0 Å². The monoisotopic (exact) mass is 388 g/mol. The number of alkyl halides is 3. The molecule has 0 amide bonds. The van der Waals surface area contributed by atoms with Gasteiger partial charge in [-0.25, -0.2) is 4.79 Å². The third-order valence-electron chi connectivity index (χ3n) is 7.32. The van der Waals surface area contributed by atoms with Crippen molar-refractivity contribution in [3.05, 3.63) is 23.3 Å². The van der Waals surface area contributed by atoms with Crippen LogP contribution in [0.1, 0.15) is 46.5 Å². The second-order valence-corrected chi connectivity index (χ2v) is 8.57. The van der Waals surface area contributed by atoms with Gasteiger partial charge < -0.3 is 14.9 Å². The predicted octanol–water partition coefficient (Wildman–Crippen LogP) is 3.53. The highest BCUT2D eigenvalue weighted by Crippen LogP contribution is 2.61. The molecule has 0 radical (unpaired) electrons. The van der Waals surface area contributed by atoms with Gasteiger partial charge >= 0.3 is 12.1 Å². The largest absolute Gasteiger partial charge is 0.459 e. The average molecular weight is 388 g/mol. The van der Waals surface area contributed by atoms with E-state index in [-0.39, 0.29) is 36.9 Å². The lowest BCUT2D eigenvalue weighted by atomic mass is 9.49.